The SMILES string of the molecule is COc1cc(Cl)cc2c1N=C(Nc1ccccc1)NS2. The monoisotopic (exact) mass is 305 g/mol. The molecule has 2 N–H and O–H groups in total. The van der Waals surface area contributed by atoms with Gasteiger partial charge in [-0.15, -0.1) is 0 Å². The van der Waals surface area contributed by atoms with Crippen LogP contribution < -0.4 is 14.8 Å². The second-order valence-corrected chi connectivity index (χ2v) is 5.39. The summed E-state index contributed by atoms with van der Waals surface area (Å²) in [5.74, 6) is 1.32. The van der Waals surface area contributed by atoms with E-state index in [-0.39, 0.29) is 0 Å². The minimum atomic E-state index is 0.629. The molecule has 1 aliphatic heterocycles. The Bertz CT molecular complexity index is 661. The lowest BCUT2D eigenvalue weighted by atomic mass is 10.3. The number of fused-ring (bicyclic) bond motifs is 1. The number of rotatable bonds is 2. The Morgan fingerprint density at radius 1 is 1.25 bits per heavy atom. The highest BCUT2D eigenvalue weighted by atomic mass is 35.5. The van der Waals surface area contributed by atoms with Crippen LogP contribution in [-0.4, -0.2) is 13.1 Å². The molecule has 0 saturated heterocycles. The number of para-hydroxylation sites is 1. The minimum Gasteiger partial charge on any atom is -0.494 e. The lowest BCUT2D eigenvalue weighted by Gasteiger charge is -2.19. The van der Waals surface area contributed by atoms with Crippen LogP contribution in [0.2, 0.25) is 5.02 Å². The topological polar surface area (TPSA) is 45.6 Å². The average molecular weight is 306 g/mol. The maximum atomic E-state index is 6.04. The normalized spacial score (nSPS) is 13.0. The second kappa shape index (κ2) is 5.64. The van der Waals surface area contributed by atoms with Gasteiger partial charge < -0.3 is 10.1 Å². The summed E-state index contributed by atoms with van der Waals surface area (Å²) in [5, 5.41) is 3.85. The third kappa shape index (κ3) is 2.69. The van der Waals surface area contributed by atoms with Gasteiger partial charge in [0.2, 0.25) is 5.96 Å². The van der Waals surface area contributed by atoms with Crippen molar-refractivity contribution in [1.82, 2.24) is 4.72 Å². The Morgan fingerprint density at radius 2 is 2.05 bits per heavy atom. The molecule has 0 spiro atoms. The van der Waals surface area contributed by atoms with E-state index >= 15 is 0 Å². The van der Waals surface area contributed by atoms with Crippen LogP contribution in [0.15, 0.2) is 52.4 Å². The van der Waals surface area contributed by atoms with Gasteiger partial charge in [0, 0.05) is 16.8 Å². The van der Waals surface area contributed by atoms with Crippen molar-refractivity contribution in [3.63, 3.8) is 0 Å². The van der Waals surface area contributed by atoms with Crippen molar-refractivity contribution in [2.45, 2.75) is 4.90 Å². The predicted octanol–water partition coefficient (Wildman–Crippen LogP) is 4.06. The molecule has 0 fully saturated rings. The van der Waals surface area contributed by atoms with Crippen LogP contribution in [0, 0.1) is 0 Å². The number of hydrogen-bond acceptors (Lipinski definition) is 5. The Morgan fingerprint density at radius 3 is 2.80 bits per heavy atom. The third-order valence-corrected chi connectivity index (χ3v) is 3.79. The zero-order valence-electron chi connectivity index (χ0n) is 10.7. The van der Waals surface area contributed by atoms with Crippen molar-refractivity contribution in [2.24, 2.45) is 4.99 Å². The molecule has 0 bridgehead atoms. The highest BCUT2D eigenvalue weighted by Crippen LogP contribution is 2.41. The molecule has 4 nitrogen and oxygen atoms in total. The number of aliphatic imine (C=N–C) groups is 1. The maximum absolute atomic E-state index is 6.04. The van der Waals surface area contributed by atoms with Gasteiger partial charge in [0.15, 0.2) is 0 Å². The molecule has 0 saturated carbocycles. The number of halogens is 1. The Hall–Kier alpha value is -1.85. The molecule has 6 heteroatoms. The number of guanidine groups is 1. The van der Waals surface area contributed by atoms with E-state index < -0.39 is 0 Å². The lowest BCUT2D eigenvalue weighted by molar-refractivity contribution is 0.415. The lowest BCUT2D eigenvalue weighted by Crippen LogP contribution is -2.26. The molecule has 20 heavy (non-hydrogen) atoms. The van der Waals surface area contributed by atoms with E-state index in [0.717, 1.165) is 16.3 Å². The second-order valence-electron chi connectivity index (χ2n) is 4.11. The molecule has 0 atom stereocenters. The largest absolute Gasteiger partial charge is 0.494 e. The predicted molar refractivity (Wildman–Crippen MR) is 84.2 cm³/mol. The smallest absolute Gasteiger partial charge is 0.211 e. The molecule has 0 unspecified atom stereocenters. The van der Waals surface area contributed by atoms with Gasteiger partial charge in [0.1, 0.15) is 11.4 Å². The quantitative estimate of drug-likeness (QED) is 0.821. The van der Waals surface area contributed by atoms with Crippen molar-refractivity contribution in [2.75, 3.05) is 12.4 Å². The summed E-state index contributed by atoms with van der Waals surface area (Å²) >= 11 is 7.49. The fraction of sp³-hybridized carbons (Fsp3) is 0.0714. The number of methoxy groups -OCH3 is 1. The number of nitrogens with zero attached hydrogens (tertiary/aromatic N) is 1. The molecule has 0 amide bonds. The van der Waals surface area contributed by atoms with Gasteiger partial charge in [-0.2, -0.15) is 0 Å². The summed E-state index contributed by atoms with van der Waals surface area (Å²) < 4.78 is 8.48. The van der Waals surface area contributed by atoms with Gasteiger partial charge in [-0.25, -0.2) is 4.99 Å². The maximum Gasteiger partial charge on any atom is 0.211 e. The number of ether oxygens (including phenoxy) is 1. The van der Waals surface area contributed by atoms with Crippen LogP contribution in [0.4, 0.5) is 11.4 Å². The molecule has 2 aromatic carbocycles. The van der Waals surface area contributed by atoms with Crippen LogP contribution in [0.3, 0.4) is 0 Å². The average Bonchev–Trinajstić information content (AvgIpc) is 2.48. The molecule has 1 heterocycles. The molecule has 1 aliphatic rings. The summed E-state index contributed by atoms with van der Waals surface area (Å²) in [6.07, 6.45) is 0. The van der Waals surface area contributed by atoms with E-state index in [2.05, 4.69) is 15.0 Å². The number of nitrogens with one attached hydrogen (secondary N) is 2. The van der Waals surface area contributed by atoms with Crippen LogP contribution in [-0.2, 0) is 0 Å². The summed E-state index contributed by atoms with van der Waals surface area (Å²) in [5.41, 5.74) is 1.75. The van der Waals surface area contributed by atoms with Gasteiger partial charge >= 0.3 is 0 Å². The molecule has 3 rings (SSSR count). The molecule has 0 aromatic heterocycles. The number of benzene rings is 2. The van der Waals surface area contributed by atoms with Crippen LogP contribution in [0.5, 0.6) is 5.75 Å². The Labute approximate surface area is 126 Å². The fourth-order valence-electron chi connectivity index (χ4n) is 1.84. The standard InChI is InChI=1S/C14H12ClN3OS/c1-19-11-7-9(15)8-12-13(11)17-14(18-20-12)16-10-5-3-2-4-6-10/h2-8H,1H3,(H2,16,17,18). The highest BCUT2D eigenvalue weighted by molar-refractivity contribution is 7.98. The Balaban J connectivity index is 1.93. The van der Waals surface area contributed by atoms with Crippen molar-refractivity contribution in [3.05, 3.63) is 47.5 Å². The van der Waals surface area contributed by atoms with Gasteiger partial charge in [0.05, 0.1) is 12.0 Å². The molecular weight excluding hydrogens is 294 g/mol. The fourth-order valence-corrected chi connectivity index (χ4v) is 2.85. The summed E-state index contributed by atoms with van der Waals surface area (Å²) in [6.45, 7) is 0. The van der Waals surface area contributed by atoms with Gasteiger partial charge in [-0.1, -0.05) is 29.8 Å². The van der Waals surface area contributed by atoms with Crippen LogP contribution in [0.25, 0.3) is 0 Å². The van der Waals surface area contributed by atoms with Gasteiger partial charge in [0.25, 0.3) is 0 Å². The third-order valence-electron chi connectivity index (χ3n) is 2.74. The first-order valence-corrected chi connectivity index (χ1v) is 7.17. The van der Waals surface area contributed by atoms with Crippen molar-refractivity contribution in [1.29, 1.82) is 0 Å². The molecule has 2 aromatic rings. The molecule has 0 radical (unpaired) electrons. The zero-order valence-corrected chi connectivity index (χ0v) is 12.3. The number of anilines is 1. The molecule has 102 valence electrons. The van der Waals surface area contributed by atoms with Crippen molar-refractivity contribution >= 4 is 40.9 Å². The van der Waals surface area contributed by atoms with E-state index in [9.17, 15) is 0 Å². The van der Waals surface area contributed by atoms with Crippen LogP contribution in [0.1, 0.15) is 0 Å². The van der Waals surface area contributed by atoms with Gasteiger partial charge in [-0.3, -0.25) is 4.72 Å². The van der Waals surface area contributed by atoms with Crippen molar-refractivity contribution < 1.29 is 4.74 Å². The zero-order chi connectivity index (χ0) is 13.9. The summed E-state index contributed by atoms with van der Waals surface area (Å²) in [4.78, 5) is 5.48. The van der Waals surface area contributed by atoms with E-state index in [4.69, 9.17) is 16.3 Å². The van der Waals surface area contributed by atoms with Gasteiger partial charge in [-0.05, 0) is 30.1 Å². The first-order valence-electron chi connectivity index (χ1n) is 5.97. The van der Waals surface area contributed by atoms with E-state index in [1.54, 1.807) is 13.2 Å². The Kier molecular flexibility index (Phi) is 3.71. The highest BCUT2D eigenvalue weighted by Gasteiger charge is 2.17. The first kappa shape index (κ1) is 13.1. The molecular formula is C14H12ClN3OS. The molecule has 0 aliphatic carbocycles. The van der Waals surface area contributed by atoms with E-state index in [1.165, 1.54) is 11.9 Å². The van der Waals surface area contributed by atoms with E-state index in [1.807, 2.05) is 36.4 Å². The van der Waals surface area contributed by atoms with E-state index in [0.29, 0.717) is 16.7 Å². The number of hydrogen-bond donors (Lipinski definition) is 2. The first-order chi connectivity index (χ1) is 9.76. The summed E-state index contributed by atoms with van der Waals surface area (Å²) in [7, 11) is 1.61. The van der Waals surface area contributed by atoms with Crippen LogP contribution >= 0.6 is 23.5 Å². The summed E-state index contributed by atoms with van der Waals surface area (Å²) in [6, 6.07) is 13.5. The van der Waals surface area contributed by atoms with Crippen molar-refractivity contribution in [3.8, 4) is 5.75 Å². The minimum absolute atomic E-state index is 0.629.